The van der Waals surface area contributed by atoms with Crippen LogP contribution in [0, 0.1) is 0 Å². The molecule has 0 spiro atoms. The number of carboxylic acids is 1. The van der Waals surface area contributed by atoms with E-state index < -0.39 is 41.8 Å². The van der Waals surface area contributed by atoms with Crippen molar-refractivity contribution in [2.45, 2.75) is 37.4 Å². The van der Waals surface area contributed by atoms with Crippen LogP contribution >= 0.6 is 0 Å². The zero-order valence-corrected chi connectivity index (χ0v) is 20.1. The van der Waals surface area contributed by atoms with Crippen LogP contribution in [0.3, 0.4) is 0 Å². The molecule has 0 saturated heterocycles. The van der Waals surface area contributed by atoms with Crippen molar-refractivity contribution in [3.05, 3.63) is 90.0 Å². The second-order valence-corrected chi connectivity index (χ2v) is 8.45. The van der Waals surface area contributed by atoms with E-state index in [1.807, 2.05) is 36.4 Å². The Hall–Kier alpha value is -4.51. The fourth-order valence-electron chi connectivity index (χ4n) is 3.73. The summed E-state index contributed by atoms with van der Waals surface area (Å²) in [5.74, 6) is -3.02. The number of aromatic nitrogens is 2. The van der Waals surface area contributed by atoms with Crippen molar-refractivity contribution >= 4 is 23.7 Å². The summed E-state index contributed by atoms with van der Waals surface area (Å²) in [5.41, 5.74) is 7.52. The summed E-state index contributed by atoms with van der Waals surface area (Å²) in [5, 5.41) is 17.5. The molecule has 1 aromatic heterocycles. The number of nitrogens with one attached hydrogen (secondary N) is 4. The van der Waals surface area contributed by atoms with Crippen molar-refractivity contribution in [2.24, 2.45) is 5.73 Å². The molecule has 2 aromatic carbocycles. The van der Waals surface area contributed by atoms with Gasteiger partial charge in [0.15, 0.2) is 0 Å². The van der Waals surface area contributed by atoms with Crippen LogP contribution in [0.2, 0.25) is 0 Å². The van der Waals surface area contributed by atoms with Gasteiger partial charge in [-0.2, -0.15) is 0 Å². The van der Waals surface area contributed by atoms with E-state index >= 15 is 0 Å². The van der Waals surface area contributed by atoms with Crippen molar-refractivity contribution in [2.75, 3.05) is 6.54 Å². The molecule has 0 fully saturated rings. The number of hydrogen-bond donors (Lipinski definition) is 6. The molecule has 0 aliphatic heterocycles. The van der Waals surface area contributed by atoms with Gasteiger partial charge in [-0.1, -0.05) is 60.7 Å². The van der Waals surface area contributed by atoms with Crippen LogP contribution in [0.1, 0.15) is 16.8 Å². The predicted octanol–water partition coefficient (Wildman–Crippen LogP) is -0.0647. The van der Waals surface area contributed by atoms with Gasteiger partial charge in [-0.15, -0.1) is 0 Å². The van der Waals surface area contributed by atoms with Crippen LogP contribution in [0.4, 0.5) is 0 Å². The minimum atomic E-state index is -1.25. The Morgan fingerprint density at radius 1 is 0.784 bits per heavy atom. The number of hydrogen-bond acceptors (Lipinski definition) is 6. The summed E-state index contributed by atoms with van der Waals surface area (Å²) in [4.78, 5) is 57.1. The highest BCUT2D eigenvalue weighted by molar-refractivity contribution is 5.94. The van der Waals surface area contributed by atoms with Crippen LogP contribution in [0.25, 0.3) is 0 Å². The number of aliphatic carboxylic acids is 1. The molecule has 0 radical (unpaired) electrons. The molecule has 11 nitrogen and oxygen atoms in total. The van der Waals surface area contributed by atoms with Gasteiger partial charge in [0, 0.05) is 31.2 Å². The highest BCUT2D eigenvalue weighted by Crippen LogP contribution is 2.08. The van der Waals surface area contributed by atoms with E-state index in [0.717, 1.165) is 11.1 Å². The maximum absolute atomic E-state index is 13.3. The fraction of sp³-hybridized carbons (Fsp3) is 0.269. The van der Waals surface area contributed by atoms with Gasteiger partial charge in [0.2, 0.25) is 17.7 Å². The van der Waals surface area contributed by atoms with E-state index in [-0.39, 0.29) is 25.8 Å². The Morgan fingerprint density at radius 2 is 1.30 bits per heavy atom. The summed E-state index contributed by atoms with van der Waals surface area (Å²) in [7, 11) is 0. The SMILES string of the molecule is NCC(=O)N[C@@H](Cc1ccccc1)C(=O)N[C@@H](Cc1ccccc1)C(=O)N[C@@H](Cc1cnc[nH]1)C(=O)O. The molecular weight excluding hydrogens is 476 g/mol. The van der Waals surface area contributed by atoms with Gasteiger partial charge >= 0.3 is 5.97 Å². The first-order valence-corrected chi connectivity index (χ1v) is 11.7. The second kappa shape index (κ2) is 13.5. The molecule has 3 rings (SSSR count). The Labute approximate surface area is 213 Å². The van der Waals surface area contributed by atoms with Crippen LogP contribution in [0.5, 0.6) is 0 Å². The van der Waals surface area contributed by atoms with E-state index in [2.05, 4.69) is 25.9 Å². The molecule has 3 atom stereocenters. The molecule has 3 aromatic rings. The minimum absolute atomic E-state index is 0.0176. The Kier molecular flexibility index (Phi) is 9.91. The summed E-state index contributed by atoms with van der Waals surface area (Å²) < 4.78 is 0. The maximum Gasteiger partial charge on any atom is 0.326 e. The van der Waals surface area contributed by atoms with E-state index in [1.54, 1.807) is 24.3 Å². The van der Waals surface area contributed by atoms with E-state index in [0.29, 0.717) is 5.69 Å². The molecule has 3 amide bonds. The number of amides is 3. The van der Waals surface area contributed by atoms with Crippen molar-refractivity contribution in [1.82, 2.24) is 25.9 Å². The zero-order valence-electron chi connectivity index (χ0n) is 20.1. The van der Waals surface area contributed by atoms with Gasteiger partial charge in [-0.25, -0.2) is 9.78 Å². The molecular formula is C26H30N6O5. The quantitative estimate of drug-likeness (QED) is 0.188. The molecule has 0 bridgehead atoms. The number of carbonyl (C=O) groups excluding carboxylic acids is 3. The Morgan fingerprint density at radius 3 is 1.76 bits per heavy atom. The van der Waals surface area contributed by atoms with E-state index in [4.69, 9.17) is 5.73 Å². The lowest BCUT2D eigenvalue weighted by Crippen LogP contribution is -2.57. The third-order valence-corrected chi connectivity index (χ3v) is 5.63. The first-order valence-electron chi connectivity index (χ1n) is 11.7. The average molecular weight is 507 g/mol. The molecule has 0 unspecified atom stereocenters. The van der Waals surface area contributed by atoms with Crippen LogP contribution < -0.4 is 21.7 Å². The normalized spacial score (nSPS) is 13.1. The smallest absolute Gasteiger partial charge is 0.326 e. The number of nitrogens with zero attached hydrogens (tertiary/aromatic N) is 1. The molecule has 0 aliphatic carbocycles. The third-order valence-electron chi connectivity index (χ3n) is 5.63. The van der Waals surface area contributed by atoms with Crippen molar-refractivity contribution in [3.63, 3.8) is 0 Å². The highest BCUT2D eigenvalue weighted by Gasteiger charge is 2.30. The summed E-state index contributed by atoms with van der Waals surface area (Å²) in [6.45, 7) is -0.305. The first-order chi connectivity index (χ1) is 17.9. The van der Waals surface area contributed by atoms with Gasteiger partial charge < -0.3 is 31.8 Å². The Bertz CT molecular complexity index is 1170. The molecule has 1 heterocycles. The lowest BCUT2D eigenvalue weighted by Gasteiger charge is -2.24. The van der Waals surface area contributed by atoms with Gasteiger partial charge in [0.1, 0.15) is 18.1 Å². The highest BCUT2D eigenvalue weighted by atomic mass is 16.4. The molecule has 0 aliphatic rings. The number of carboxylic acid groups (broad SMARTS) is 1. The largest absolute Gasteiger partial charge is 0.480 e. The van der Waals surface area contributed by atoms with E-state index in [1.165, 1.54) is 12.5 Å². The monoisotopic (exact) mass is 506 g/mol. The number of carbonyl (C=O) groups is 4. The number of nitrogens with two attached hydrogens (primary N) is 1. The van der Waals surface area contributed by atoms with Gasteiger partial charge in [0.05, 0.1) is 12.9 Å². The molecule has 37 heavy (non-hydrogen) atoms. The van der Waals surface area contributed by atoms with Crippen molar-refractivity contribution in [1.29, 1.82) is 0 Å². The second-order valence-electron chi connectivity index (χ2n) is 8.45. The topological polar surface area (TPSA) is 179 Å². The fourth-order valence-corrected chi connectivity index (χ4v) is 3.73. The van der Waals surface area contributed by atoms with Crippen LogP contribution in [-0.4, -0.2) is 63.4 Å². The lowest BCUT2D eigenvalue weighted by molar-refractivity contribution is -0.142. The lowest BCUT2D eigenvalue weighted by atomic mass is 10.0. The number of rotatable bonds is 13. The molecule has 194 valence electrons. The predicted molar refractivity (Wildman–Crippen MR) is 135 cm³/mol. The van der Waals surface area contributed by atoms with Crippen LogP contribution in [-0.2, 0) is 38.4 Å². The summed E-state index contributed by atoms with van der Waals surface area (Å²) in [6.07, 6.45) is 3.15. The zero-order chi connectivity index (χ0) is 26.6. The summed E-state index contributed by atoms with van der Waals surface area (Å²) >= 11 is 0. The summed E-state index contributed by atoms with van der Waals surface area (Å²) in [6, 6.07) is 14.7. The average Bonchev–Trinajstić information content (AvgIpc) is 3.41. The van der Waals surface area contributed by atoms with Gasteiger partial charge in [-0.05, 0) is 11.1 Å². The van der Waals surface area contributed by atoms with Crippen molar-refractivity contribution in [3.8, 4) is 0 Å². The number of imidazole rings is 1. The minimum Gasteiger partial charge on any atom is -0.480 e. The standard InChI is InChI=1S/C26H30N6O5/c27-14-23(33)30-20(11-17-7-3-1-4-8-17)24(34)31-21(12-18-9-5-2-6-10-18)25(35)32-22(26(36)37)13-19-15-28-16-29-19/h1-10,15-16,20-22H,11-14,27H2,(H,28,29)(H,30,33)(H,31,34)(H,32,35)(H,36,37)/t20-,21-,22-/m0/s1. The molecule has 11 heteroatoms. The third kappa shape index (κ3) is 8.58. The molecule has 0 saturated carbocycles. The number of H-pyrrole nitrogens is 1. The number of benzene rings is 2. The number of aromatic amines is 1. The first kappa shape index (κ1) is 27.1. The van der Waals surface area contributed by atoms with Gasteiger partial charge in [-0.3, -0.25) is 14.4 Å². The van der Waals surface area contributed by atoms with E-state index in [9.17, 15) is 24.3 Å². The van der Waals surface area contributed by atoms with Crippen LogP contribution in [0.15, 0.2) is 73.2 Å². The maximum atomic E-state index is 13.3. The Balaban J connectivity index is 1.80. The molecule has 7 N–H and O–H groups in total. The van der Waals surface area contributed by atoms with Gasteiger partial charge in [0.25, 0.3) is 0 Å². The van der Waals surface area contributed by atoms with Crippen molar-refractivity contribution < 1.29 is 24.3 Å².